The largest absolute Gasteiger partial charge is 0.507 e. The van der Waals surface area contributed by atoms with Gasteiger partial charge in [0.15, 0.2) is 5.78 Å². The second kappa shape index (κ2) is 13.9. The van der Waals surface area contributed by atoms with E-state index in [0.29, 0.717) is 11.3 Å². The van der Waals surface area contributed by atoms with Crippen molar-refractivity contribution in [2.24, 2.45) is 0 Å². The number of carbonyl (C=O) groups is 4. The number of ketones is 1. The van der Waals surface area contributed by atoms with E-state index in [1.165, 1.54) is 36.0 Å². The Morgan fingerprint density at radius 1 is 0.902 bits per heavy atom. The van der Waals surface area contributed by atoms with Gasteiger partial charge in [-0.05, 0) is 48.4 Å². The van der Waals surface area contributed by atoms with Crippen LogP contribution in [0, 0.1) is 6.92 Å². The number of nitrogens with one attached hydrogen (secondary N) is 2. The average molecular weight is 601 g/mol. The van der Waals surface area contributed by atoms with Gasteiger partial charge in [-0.25, -0.2) is 17.9 Å². The molecule has 0 bridgehead atoms. The van der Waals surface area contributed by atoms with Crippen LogP contribution in [0.5, 0.6) is 5.75 Å². The fourth-order valence-electron chi connectivity index (χ4n) is 3.61. The number of hydrogen-bond donors (Lipinski definition) is 5. The summed E-state index contributed by atoms with van der Waals surface area (Å²) in [4.78, 5) is 47.6. The van der Waals surface area contributed by atoms with Gasteiger partial charge in [0.25, 0.3) is 5.91 Å². The summed E-state index contributed by atoms with van der Waals surface area (Å²) in [6.45, 7) is 1.78. The molecule has 0 spiro atoms. The number of rotatable bonds is 14. The summed E-state index contributed by atoms with van der Waals surface area (Å²) in [7, 11) is -4.12. The number of benzene rings is 3. The normalized spacial score (nSPS) is 11.9. The van der Waals surface area contributed by atoms with Crippen LogP contribution >= 0.6 is 11.8 Å². The quantitative estimate of drug-likeness (QED) is 0.184. The first-order chi connectivity index (χ1) is 19.4. The number of phenols is 1. The van der Waals surface area contributed by atoms with E-state index in [-0.39, 0.29) is 22.8 Å². The number of carboxylic acids is 2. The van der Waals surface area contributed by atoms with Crippen molar-refractivity contribution in [2.75, 3.05) is 5.75 Å². The van der Waals surface area contributed by atoms with Crippen LogP contribution in [0.2, 0.25) is 0 Å². The van der Waals surface area contributed by atoms with Crippen LogP contribution in [0.25, 0.3) is 0 Å². The van der Waals surface area contributed by atoms with Crippen LogP contribution < -0.4 is 10.0 Å². The summed E-state index contributed by atoms with van der Waals surface area (Å²) in [5, 5.41) is 30.4. The molecule has 0 aliphatic heterocycles. The molecule has 1 unspecified atom stereocenters. The van der Waals surface area contributed by atoms with Crippen molar-refractivity contribution >= 4 is 45.4 Å². The number of aromatic hydroxyl groups is 1. The zero-order valence-corrected chi connectivity index (χ0v) is 23.5. The fraction of sp³-hybridized carbons (Fsp3) is 0.214. The number of aryl methyl sites for hydroxylation is 1. The molecule has 13 heteroatoms. The summed E-state index contributed by atoms with van der Waals surface area (Å²) in [6.07, 6.45) is -0.573. The molecule has 0 heterocycles. The van der Waals surface area contributed by atoms with Crippen LogP contribution in [0.4, 0.5) is 0 Å². The molecule has 41 heavy (non-hydrogen) atoms. The minimum absolute atomic E-state index is 0.0141. The molecule has 216 valence electrons. The highest BCUT2D eigenvalue weighted by atomic mass is 32.2. The maximum Gasteiger partial charge on any atom is 0.339 e. The fourth-order valence-corrected chi connectivity index (χ4v) is 5.58. The third-order valence-electron chi connectivity index (χ3n) is 5.90. The Labute approximate surface area is 240 Å². The lowest BCUT2D eigenvalue weighted by Crippen LogP contribution is -2.43. The van der Waals surface area contributed by atoms with E-state index in [4.69, 9.17) is 5.11 Å². The lowest BCUT2D eigenvalue weighted by molar-refractivity contribution is -0.139. The van der Waals surface area contributed by atoms with Crippen molar-refractivity contribution in [3.63, 3.8) is 0 Å². The maximum atomic E-state index is 12.8. The monoisotopic (exact) mass is 600 g/mol. The second-order valence-corrected chi connectivity index (χ2v) is 11.8. The third kappa shape index (κ3) is 9.17. The molecule has 11 nitrogen and oxygen atoms in total. The Balaban J connectivity index is 1.59. The van der Waals surface area contributed by atoms with E-state index in [9.17, 15) is 37.8 Å². The molecule has 3 aromatic rings. The molecule has 5 N–H and O–H groups in total. The lowest BCUT2D eigenvalue weighted by Gasteiger charge is -2.16. The Bertz CT molecular complexity index is 1540. The van der Waals surface area contributed by atoms with Gasteiger partial charge in [-0.2, -0.15) is 0 Å². The molecule has 3 aromatic carbocycles. The number of sulfonamides is 1. The van der Waals surface area contributed by atoms with Gasteiger partial charge in [-0.15, -0.1) is 11.8 Å². The number of hydrogen-bond acceptors (Lipinski definition) is 8. The van der Waals surface area contributed by atoms with E-state index >= 15 is 0 Å². The van der Waals surface area contributed by atoms with Crippen molar-refractivity contribution in [1.82, 2.24) is 10.0 Å². The summed E-state index contributed by atoms with van der Waals surface area (Å²) >= 11 is 1.32. The number of amides is 1. The summed E-state index contributed by atoms with van der Waals surface area (Å²) in [5.74, 6) is -3.81. The Kier molecular flexibility index (Phi) is 10.6. The Morgan fingerprint density at radius 3 is 2.15 bits per heavy atom. The first-order valence-corrected chi connectivity index (χ1v) is 14.8. The van der Waals surface area contributed by atoms with Gasteiger partial charge in [0.1, 0.15) is 11.3 Å². The molecule has 0 aromatic heterocycles. The Hall–Kier alpha value is -4.20. The van der Waals surface area contributed by atoms with E-state index < -0.39 is 57.4 Å². The van der Waals surface area contributed by atoms with Crippen LogP contribution in [0.1, 0.15) is 43.8 Å². The molecule has 0 saturated carbocycles. The SMILES string of the molecule is Cc1ccc(CSCC(=O)C(CC(=O)O)NC(=O)c2ccc(CNS(=O)(=O)c3ccc(O)c(C(=O)O)c3)cc2)cc1. The molecule has 0 radical (unpaired) electrons. The maximum absolute atomic E-state index is 12.8. The van der Waals surface area contributed by atoms with Gasteiger partial charge >= 0.3 is 11.9 Å². The smallest absolute Gasteiger partial charge is 0.339 e. The minimum atomic E-state index is -4.12. The molecular formula is C28H28N2O9S2. The summed E-state index contributed by atoms with van der Waals surface area (Å²) < 4.78 is 27.5. The minimum Gasteiger partial charge on any atom is -0.507 e. The van der Waals surface area contributed by atoms with Gasteiger partial charge in [0.2, 0.25) is 10.0 Å². The van der Waals surface area contributed by atoms with Gasteiger partial charge in [0.05, 0.1) is 23.1 Å². The van der Waals surface area contributed by atoms with E-state index in [2.05, 4.69) is 10.0 Å². The van der Waals surface area contributed by atoms with E-state index in [1.54, 1.807) is 0 Å². The van der Waals surface area contributed by atoms with Crippen LogP contribution in [0.15, 0.2) is 71.6 Å². The highest BCUT2D eigenvalue weighted by Gasteiger charge is 2.24. The molecular weight excluding hydrogens is 572 g/mol. The molecule has 0 aliphatic rings. The van der Waals surface area contributed by atoms with Crippen molar-refractivity contribution in [3.05, 3.63) is 94.5 Å². The van der Waals surface area contributed by atoms with Crippen LogP contribution in [-0.4, -0.2) is 59.2 Å². The van der Waals surface area contributed by atoms with Gasteiger partial charge < -0.3 is 20.6 Å². The molecule has 1 amide bonds. The molecule has 1 atom stereocenters. The highest BCUT2D eigenvalue weighted by Crippen LogP contribution is 2.21. The Morgan fingerprint density at radius 2 is 1.54 bits per heavy atom. The number of carbonyl (C=O) groups excluding carboxylic acids is 2. The van der Waals surface area contributed by atoms with Gasteiger partial charge in [-0.1, -0.05) is 42.0 Å². The second-order valence-electron chi connectivity index (χ2n) is 9.07. The van der Waals surface area contributed by atoms with E-state index in [1.807, 2.05) is 31.2 Å². The van der Waals surface area contributed by atoms with Gasteiger partial charge in [-0.3, -0.25) is 14.4 Å². The zero-order valence-electron chi connectivity index (χ0n) is 21.9. The summed E-state index contributed by atoms with van der Waals surface area (Å²) in [6, 6.07) is 15.2. The van der Waals surface area contributed by atoms with Crippen LogP contribution in [0.3, 0.4) is 0 Å². The number of aromatic carboxylic acids is 1. The number of aliphatic carboxylic acids is 1. The number of carboxylic acid groups (broad SMARTS) is 2. The highest BCUT2D eigenvalue weighted by molar-refractivity contribution is 7.99. The molecule has 0 aliphatic carbocycles. The van der Waals surface area contributed by atoms with Crippen molar-refractivity contribution < 1.29 is 42.9 Å². The lowest BCUT2D eigenvalue weighted by atomic mass is 10.1. The predicted molar refractivity (Wildman–Crippen MR) is 151 cm³/mol. The van der Waals surface area contributed by atoms with Crippen molar-refractivity contribution in [3.8, 4) is 5.75 Å². The standard InChI is InChI=1S/C28H28N2O9S2/c1-17-2-4-19(5-3-17)15-40-16-25(32)23(13-26(33)34)30-27(35)20-8-6-18(7-9-20)14-29-41(38,39)21-10-11-24(31)22(12-21)28(36)37/h2-12,23,29,31H,13-16H2,1H3,(H,30,35)(H,33,34)(H,36,37). The average Bonchev–Trinajstić information content (AvgIpc) is 2.92. The van der Waals surface area contributed by atoms with Gasteiger partial charge in [0, 0.05) is 17.9 Å². The number of thioether (sulfide) groups is 1. The number of Topliss-reactive ketones (excluding diaryl/α,β-unsaturated/α-hetero) is 1. The third-order valence-corrected chi connectivity index (χ3v) is 8.32. The van der Waals surface area contributed by atoms with Crippen molar-refractivity contribution in [1.29, 1.82) is 0 Å². The molecule has 0 saturated heterocycles. The molecule has 0 fully saturated rings. The van der Waals surface area contributed by atoms with Crippen LogP contribution in [-0.2, 0) is 31.9 Å². The van der Waals surface area contributed by atoms with Crippen molar-refractivity contribution in [2.45, 2.75) is 36.6 Å². The first-order valence-electron chi connectivity index (χ1n) is 12.2. The zero-order chi connectivity index (χ0) is 30.2. The van der Waals surface area contributed by atoms with E-state index in [0.717, 1.165) is 29.3 Å². The first kappa shape index (κ1) is 31.3. The summed E-state index contributed by atoms with van der Waals surface area (Å²) in [5.41, 5.74) is 2.17. The molecule has 3 rings (SSSR count). The predicted octanol–water partition coefficient (Wildman–Crippen LogP) is 2.95. The topological polar surface area (TPSA) is 187 Å².